The van der Waals surface area contributed by atoms with Gasteiger partial charge in [0.25, 0.3) is 0 Å². The topological polar surface area (TPSA) is 71.2 Å². The van der Waals surface area contributed by atoms with E-state index in [4.69, 9.17) is 5.73 Å². The predicted octanol–water partition coefficient (Wildman–Crippen LogP) is 2.89. The fourth-order valence-corrected chi connectivity index (χ4v) is 2.84. The van der Waals surface area contributed by atoms with E-state index in [1.54, 1.807) is 0 Å². The highest BCUT2D eigenvalue weighted by Gasteiger charge is 2.31. The van der Waals surface area contributed by atoms with Gasteiger partial charge in [0.2, 0.25) is 0 Å². The van der Waals surface area contributed by atoms with Gasteiger partial charge in [0.1, 0.15) is 11.6 Å². The molecule has 0 amide bonds. The highest BCUT2D eigenvalue weighted by molar-refractivity contribution is 5.47. The normalized spacial score (nSPS) is 23.0. The SMILES string of the molecule is Nc1cc(C(F)(F)F)cc(NCC2CCCCC2CO)n1. The molecule has 0 aliphatic heterocycles. The van der Waals surface area contributed by atoms with Crippen LogP contribution in [0.25, 0.3) is 0 Å². The van der Waals surface area contributed by atoms with E-state index < -0.39 is 11.7 Å². The maximum absolute atomic E-state index is 12.7. The summed E-state index contributed by atoms with van der Waals surface area (Å²) in [6, 6.07) is 1.79. The summed E-state index contributed by atoms with van der Waals surface area (Å²) in [6.45, 7) is 0.615. The van der Waals surface area contributed by atoms with Crippen LogP contribution in [0, 0.1) is 11.8 Å². The lowest BCUT2D eigenvalue weighted by Crippen LogP contribution is -2.29. The quantitative estimate of drug-likeness (QED) is 0.800. The molecule has 118 valence electrons. The van der Waals surface area contributed by atoms with Crippen molar-refractivity contribution in [3.8, 4) is 0 Å². The summed E-state index contributed by atoms with van der Waals surface area (Å²) in [5.41, 5.74) is 4.62. The van der Waals surface area contributed by atoms with Gasteiger partial charge >= 0.3 is 6.18 Å². The molecule has 2 atom stereocenters. The van der Waals surface area contributed by atoms with Crippen LogP contribution >= 0.6 is 0 Å². The van der Waals surface area contributed by atoms with E-state index in [9.17, 15) is 18.3 Å². The molecule has 2 unspecified atom stereocenters. The molecular formula is C14H20F3N3O. The lowest BCUT2D eigenvalue weighted by molar-refractivity contribution is -0.137. The van der Waals surface area contributed by atoms with Crippen LogP contribution in [0.1, 0.15) is 31.2 Å². The lowest BCUT2D eigenvalue weighted by Gasteiger charge is -2.30. The molecule has 1 aliphatic rings. The number of rotatable bonds is 4. The maximum atomic E-state index is 12.7. The van der Waals surface area contributed by atoms with Crippen LogP contribution in [0.3, 0.4) is 0 Å². The summed E-state index contributed by atoms with van der Waals surface area (Å²) >= 11 is 0. The van der Waals surface area contributed by atoms with Crippen LogP contribution in [0.4, 0.5) is 24.8 Å². The Bertz CT molecular complexity index is 479. The fraction of sp³-hybridized carbons (Fsp3) is 0.643. The number of hydrogen-bond donors (Lipinski definition) is 3. The molecular weight excluding hydrogens is 283 g/mol. The summed E-state index contributed by atoms with van der Waals surface area (Å²) < 4.78 is 38.1. The molecule has 2 rings (SSSR count). The third-order valence-electron chi connectivity index (χ3n) is 4.02. The number of hydrogen-bond acceptors (Lipinski definition) is 4. The average Bonchev–Trinajstić information content (AvgIpc) is 2.44. The van der Waals surface area contributed by atoms with Gasteiger partial charge in [0, 0.05) is 13.2 Å². The molecule has 1 saturated carbocycles. The summed E-state index contributed by atoms with van der Waals surface area (Å²) in [4.78, 5) is 3.89. The molecule has 4 nitrogen and oxygen atoms in total. The second-order valence-electron chi connectivity index (χ2n) is 5.53. The minimum absolute atomic E-state index is 0.116. The van der Waals surface area contributed by atoms with Gasteiger partial charge in [-0.05, 0) is 36.8 Å². The van der Waals surface area contributed by atoms with E-state index >= 15 is 0 Å². The predicted molar refractivity (Wildman–Crippen MR) is 74.7 cm³/mol. The number of pyridine rings is 1. The minimum atomic E-state index is -4.44. The van der Waals surface area contributed by atoms with Crippen molar-refractivity contribution in [3.63, 3.8) is 0 Å². The van der Waals surface area contributed by atoms with Crippen molar-refractivity contribution in [1.82, 2.24) is 4.98 Å². The Morgan fingerprint density at radius 3 is 2.52 bits per heavy atom. The Kier molecular flexibility index (Phi) is 4.92. The first-order valence-corrected chi connectivity index (χ1v) is 7.09. The number of halogens is 3. The van der Waals surface area contributed by atoms with Crippen molar-refractivity contribution in [3.05, 3.63) is 17.7 Å². The Morgan fingerprint density at radius 1 is 1.24 bits per heavy atom. The second kappa shape index (κ2) is 6.51. The zero-order chi connectivity index (χ0) is 15.5. The van der Waals surface area contributed by atoms with Crippen LogP contribution in [0.2, 0.25) is 0 Å². The van der Waals surface area contributed by atoms with E-state index in [1.807, 2.05) is 0 Å². The van der Waals surface area contributed by atoms with E-state index in [1.165, 1.54) is 0 Å². The van der Waals surface area contributed by atoms with Crippen molar-refractivity contribution in [1.29, 1.82) is 0 Å². The van der Waals surface area contributed by atoms with E-state index in [-0.39, 0.29) is 30.1 Å². The molecule has 0 bridgehead atoms. The number of nitrogen functional groups attached to an aromatic ring is 1. The van der Waals surface area contributed by atoms with Crippen molar-refractivity contribution >= 4 is 11.6 Å². The molecule has 1 fully saturated rings. The van der Waals surface area contributed by atoms with Gasteiger partial charge < -0.3 is 16.2 Å². The smallest absolute Gasteiger partial charge is 0.396 e. The first kappa shape index (κ1) is 15.9. The summed E-state index contributed by atoms with van der Waals surface area (Å²) in [5, 5.41) is 12.3. The van der Waals surface area contributed by atoms with Gasteiger partial charge in [-0.2, -0.15) is 13.2 Å². The highest BCUT2D eigenvalue weighted by Crippen LogP contribution is 2.32. The maximum Gasteiger partial charge on any atom is 0.416 e. The molecule has 0 spiro atoms. The van der Waals surface area contributed by atoms with Gasteiger partial charge in [-0.1, -0.05) is 12.8 Å². The Hall–Kier alpha value is -1.50. The molecule has 4 N–H and O–H groups in total. The number of anilines is 2. The number of nitrogens with two attached hydrogens (primary N) is 1. The van der Waals surface area contributed by atoms with Crippen LogP contribution in [-0.4, -0.2) is 23.2 Å². The molecule has 0 aromatic carbocycles. The highest BCUT2D eigenvalue weighted by atomic mass is 19.4. The third kappa shape index (κ3) is 4.23. The van der Waals surface area contributed by atoms with Gasteiger partial charge in [0.15, 0.2) is 0 Å². The second-order valence-corrected chi connectivity index (χ2v) is 5.53. The van der Waals surface area contributed by atoms with Crippen LogP contribution < -0.4 is 11.1 Å². The van der Waals surface area contributed by atoms with Crippen LogP contribution in [0.5, 0.6) is 0 Å². The summed E-state index contributed by atoms with van der Waals surface area (Å²) in [5.74, 6) is 0.426. The standard InChI is InChI=1S/C14H20F3N3O/c15-14(16,17)11-5-12(18)20-13(6-11)19-7-9-3-1-2-4-10(9)8-21/h5-6,9-10,21H,1-4,7-8H2,(H3,18,19,20). The van der Waals surface area contributed by atoms with Gasteiger partial charge in [-0.3, -0.25) is 0 Å². The first-order chi connectivity index (χ1) is 9.90. The average molecular weight is 303 g/mol. The van der Waals surface area contributed by atoms with Crippen molar-refractivity contribution in [2.45, 2.75) is 31.9 Å². The number of aromatic nitrogens is 1. The Balaban J connectivity index is 2.04. The number of alkyl halides is 3. The molecule has 21 heavy (non-hydrogen) atoms. The van der Waals surface area contributed by atoms with Crippen LogP contribution in [-0.2, 0) is 6.18 Å². The van der Waals surface area contributed by atoms with Gasteiger partial charge in [0.05, 0.1) is 5.56 Å². The molecule has 0 radical (unpaired) electrons. The Morgan fingerprint density at radius 2 is 1.90 bits per heavy atom. The van der Waals surface area contributed by atoms with Gasteiger partial charge in [-0.15, -0.1) is 0 Å². The molecule has 1 aliphatic carbocycles. The zero-order valence-corrected chi connectivity index (χ0v) is 11.7. The number of nitrogens with zero attached hydrogens (tertiary/aromatic N) is 1. The van der Waals surface area contributed by atoms with Crippen molar-refractivity contribution < 1.29 is 18.3 Å². The summed E-state index contributed by atoms with van der Waals surface area (Å²) in [6.07, 6.45) is -0.336. The van der Waals surface area contributed by atoms with E-state index in [0.717, 1.165) is 37.8 Å². The van der Waals surface area contributed by atoms with Crippen LogP contribution in [0.15, 0.2) is 12.1 Å². The lowest BCUT2D eigenvalue weighted by atomic mass is 9.79. The Labute approximate surface area is 121 Å². The minimum Gasteiger partial charge on any atom is -0.396 e. The number of aliphatic hydroxyl groups excluding tert-OH is 1. The molecule has 0 saturated heterocycles. The number of nitrogens with one attached hydrogen (secondary N) is 1. The first-order valence-electron chi connectivity index (χ1n) is 7.09. The third-order valence-corrected chi connectivity index (χ3v) is 4.02. The monoisotopic (exact) mass is 303 g/mol. The van der Waals surface area contributed by atoms with E-state index in [0.29, 0.717) is 6.54 Å². The van der Waals surface area contributed by atoms with E-state index in [2.05, 4.69) is 10.3 Å². The zero-order valence-electron chi connectivity index (χ0n) is 11.7. The largest absolute Gasteiger partial charge is 0.416 e. The van der Waals surface area contributed by atoms with Gasteiger partial charge in [-0.25, -0.2) is 4.98 Å². The summed E-state index contributed by atoms with van der Waals surface area (Å²) in [7, 11) is 0. The molecule has 7 heteroatoms. The molecule has 1 heterocycles. The van der Waals surface area contributed by atoms with Crippen molar-refractivity contribution in [2.75, 3.05) is 24.2 Å². The van der Waals surface area contributed by atoms with Crippen molar-refractivity contribution in [2.24, 2.45) is 11.8 Å². The molecule has 1 aromatic rings. The number of aliphatic hydroxyl groups is 1. The molecule has 1 aromatic heterocycles. The fourth-order valence-electron chi connectivity index (χ4n) is 2.84.